The van der Waals surface area contributed by atoms with E-state index in [0.29, 0.717) is 14.9 Å². The lowest BCUT2D eigenvalue weighted by molar-refractivity contribution is -0.141. The second-order valence-electron chi connectivity index (χ2n) is 3.13. The molecule has 0 aliphatic carbocycles. The van der Waals surface area contributed by atoms with Crippen LogP contribution in [0.4, 0.5) is 0 Å². The van der Waals surface area contributed by atoms with E-state index in [4.69, 9.17) is 9.52 Å². The zero-order valence-electron chi connectivity index (χ0n) is 8.29. The van der Waals surface area contributed by atoms with E-state index >= 15 is 0 Å². The van der Waals surface area contributed by atoms with Crippen LogP contribution in [0.1, 0.15) is 12.7 Å². The van der Waals surface area contributed by atoms with Crippen molar-refractivity contribution in [3.63, 3.8) is 0 Å². The number of hydrogen-bond donors (Lipinski definition) is 2. The van der Waals surface area contributed by atoms with Crippen molar-refractivity contribution >= 4 is 43.7 Å². The molecule has 1 amide bonds. The molecule has 0 saturated carbocycles. The zero-order chi connectivity index (χ0) is 12.3. The molecule has 1 atom stereocenters. The molecule has 0 saturated heterocycles. The molecular weight excluding hydrogens is 346 g/mol. The lowest BCUT2D eigenvalue weighted by Gasteiger charge is -2.10. The van der Waals surface area contributed by atoms with Crippen LogP contribution in [0, 0.1) is 0 Å². The normalized spacial score (nSPS) is 12.2. The number of nitrogens with one attached hydrogen (secondary N) is 1. The predicted octanol–water partition coefficient (Wildman–Crippen LogP) is 1.94. The van der Waals surface area contributed by atoms with Crippen molar-refractivity contribution in [3.8, 4) is 0 Å². The third kappa shape index (κ3) is 3.64. The highest BCUT2D eigenvalue weighted by Crippen LogP contribution is 2.27. The zero-order valence-corrected chi connectivity index (χ0v) is 11.5. The molecule has 1 rings (SSSR count). The second kappa shape index (κ2) is 5.49. The minimum atomic E-state index is -1.10. The number of aliphatic carboxylic acids is 1. The van der Waals surface area contributed by atoms with Crippen LogP contribution < -0.4 is 5.32 Å². The molecule has 1 aromatic rings. The Kier molecular flexibility index (Phi) is 4.55. The van der Waals surface area contributed by atoms with Gasteiger partial charge in [0.15, 0.2) is 4.67 Å². The van der Waals surface area contributed by atoms with E-state index in [1.807, 2.05) is 0 Å². The Labute approximate surface area is 108 Å². The summed E-state index contributed by atoms with van der Waals surface area (Å²) in [7, 11) is 0. The molecule has 0 aliphatic heterocycles. The summed E-state index contributed by atoms with van der Waals surface area (Å²) in [6.45, 7) is 1.27. The Hall–Kier alpha value is -0.820. The van der Waals surface area contributed by atoms with Crippen LogP contribution in [0.3, 0.4) is 0 Å². The molecule has 5 nitrogen and oxygen atoms in total. The first-order valence-corrected chi connectivity index (χ1v) is 5.92. The number of amides is 1. The van der Waals surface area contributed by atoms with E-state index in [0.717, 1.165) is 0 Å². The van der Waals surface area contributed by atoms with Crippen LogP contribution in [-0.2, 0) is 16.0 Å². The third-order valence-corrected chi connectivity index (χ3v) is 3.49. The van der Waals surface area contributed by atoms with Crippen molar-refractivity contribution < 1.29 is 19.1 Å². The van der Waals surface area contributed by atoms with Crippen LogP contribution in [0.15, 0.2) is 19.6 Å². The number of carbonyl (C=O) groups is 2. The average molecular weight is 355 g/mol. The molecule has 0 radical (unpaired) electrons. The Bertz CT molecular complexity index is 396. The number of furan rings is 1. The van der Waals surface area contributed by atoms with E-state index in [2.05, 4.69) is 37.2 Å². The van der Waals surface area contributed by atoms with Crippen LogP contribution in [0.2, 0.25) is 0 Å². The van der Waals surface area contributed by atoms with E-state index in [9.17, 15) is 9.59 Å². The van der Waals surface area contributed by atoms with Crippen molar-refractivity contribution in [3.05, 3.63) is 21.0 Å². The predicted molar refractivity (Wildman–Crippen MR) is 63.1 cm³/mol. The number of carbonyl (C=O) groups excluding carboxylic acids is 1. The van der Waals surface area contributed by atoms with Gasteiger partial charge in [0.05, 0.1) is 4.47 Å². The molecule has 0 spiro atoms. The van der Waals surface area contributed by atoms with E-state index < -0.39 is 17.9 Å². The lowest BCUT2D eigenvalue weighted by Crippen LogP contribution is -2.41. The lowest BCUT2D eigenvalue weighted by atomic mass is 10.1. The van der Waals surface area contributed by atoms with Gasteiger partial charge in [0.1, 0.15) is 11.8 Å². The highest BCUT2D eigenvalue weighted by atomic mass is 79.9. The number of halogens is 2. The standard InChI is InChI=1S/C9H9Br2NO4/c1-4(13)12-7(9(14)15)3-5-2-6(10)8(11)16-5/h2,7H,3H2,1H3,(H,12,13)(H,14,15). The summed E-state index contributed by atoms with van der Waals surface area (Å²) < 4.78 is 6.43. The van der Waals surface area contributed by atoms with E-state index in [1.165, 1.54) is 6.92 Å². The quantitative estimate of drug-likeness (QED) is 0.865. The van der Waals surface area contributed by atoms with Crippen molar-refractivity contribution in [2.24, 2.45) is 0 Å². The maximum absolute atomic E-state index is 10.9. The monoisotopic (exact) mass is 353 g/mol. The summed E-state index contributed by atoms with van der Waals surface area (Å²) in [5.41, 5.74) is 0. The van der Waals surface area contributed by atoms with Gasteiger partial charge in [0, 0.05) is 13.3 Å². The summed E-state index contributed by atoms with van der Waals surface area (Å²) in [5.74, 6) is -1.02. The molecule has 2 N–H and O–H groups in total. The molecule has 16 heavy (non-hydrogen) atoms. The summed E-state index contributed by atoms with van der Waals surface area (Å²) in [4.78, 5) is 21.6. The SMILES string of the molecule is CC(=O)NC(Cc1cc(Br)c(Br)o1)C(=O)O. The highest BCUT2D eigenvalue weighted by molar-refractivity contribution is 9.13. The van der Waals surface area contributed by atoms with Gasteiger partial charge in [0.2, 0.25) is 5.91 Å². The molecule has 0 fully saturated rings. The van der Waals surface area contributed by atoms with E-state index in [-0.39, 0.29) is 6.42 Å². The molecule has 0 aromatic carbocycles. The van der Waals surface area contributed by atoms with Gasteiger partial charge in [-0.3, -0.25) is 4.79 Å². The fourth-order valence-corrected chi connectivity index (χ4v) is 1.80. The number of hydrogen-bond acceptors (Lipinski definition) is 3. The summed E-state index contributed by atoms with van der Waals surface area (Å²) in [5, 5.41) is 11.2. The minimum absolute atomic E-state index is 0.0963. The van der Waals surface area contributed by atoms with Gasteiger partial charge in [-0.25, -0.2) is 4.79 Å². The molecule has 1 aromatic heterocycles. The van der Waals surface area contributed by atoms with Crippen LogP contribution in [0.25, 0.3) is 0 Å². The minimum Gasteiger partial charge on any atom is -0.480 e. The van der Waals surface area contributed by atoms with Gasteiger partial charge in [0.25, 0.3) is 0 Å². The topological polar surface area (TPSA) is 79.5 Å². The average Bonchev–Trinajstić information content (AvgIpc) is 2.44. The first-order chi connectivity index (χ1) is 7.40. The molecule has 7 heteroatoms. The van der Waals surface area contributed by atoms with Gasteiger partial charge >= 0.3 is 5.97 Å². The fourth-order valence-electron chi connectivity index (χ4n) is 1.14. The van der Waals surface area contributed by atoms with Gasteiger partial charge < -0.3 is 14.8 Å². The van der Waals surface area contributed by atoms with Gasteiger partial charge in [-0.2, -0.15) is 0 Å². The smallest absolute Gasteiger partial charge is 0.326 e. The van der Waals surface area contributed by atoms with Crippen molar-refractivity contribution in [2.45, 2.75) is 19.4 Å². The van der Waals surface area contributed by atoms with Crippen molar-refractivity contribution in [1.29, 1.82) is 0 Å². The molecular formula is C9H9Br2NO4. The first-order valence-electron chi connectivity index (χ1n) is 4.33. The van der Waals surface area contributed by atoms with Crippen molar-refractivity contribution in [1.82, 2.24) is 5.32 Å². The Morgan fingerprint density at radius 2 is 2.19 bits per heavy atom. The maximum atomic E-state index is 10.9. The van der Waals surface area contributed by atoms with E-state index in [1.54, 1.807) is 6.07 Å². The second-order valence-corrected chi connectivity index (χ2v) is 4.70. The molecule has 0 bridgehead atoms. The Balaban J connectivity index is 2.75. The first kappa shape index (κ1) is 13.2. The summed E-state index contributed by atoms with van der Waals surface area (Å²) in [6, 6.07) is 0.671. The van der Waals surface area contributed by atoms with Crippen LogP contribution in [-0.4, -0.2) is 23.0 Å². The number of carboxylic acids is 1. The largest absolute Gasteiger partial charge is 0.480 e. The number of carboxylic acid groups (broad SMARTS) is 1. The molecule has 1 unspecified atom stereocenters. The fraction of sp³-hybridized carbons (Fsp3) is 0.333. The van der Waals surface area contributed by atoms with Crippen LogP contribution >= 0.6 is 31.9 Å². The Morgan fingerprint density at radius 1 is 1.56 bits per heavy atom. The molecule has 0 aliphatic rings. The maximum Gasteiger partial charge on any atom is 0.326 e. The third-order valence-electron chi connectivity index (χ3n) is 1.78. The molecule has 1 heterocycles. The molecule has 88 valence electrons. The summed E-state index contributed by atoms with van der Waals surface area (Å²) in [6.07, 6.45) is 0.0963. The van der Waals surface area contributed by atoms with Gasteiger partial charge in [-0.05, 0) is 37.9 Å². The van der Waals surface area contributed by atoms with Gasteiger partial charge in [-0.15, -0.1) is 0 Å². The van der Waals surface area contributed by atoms with Crippen LogP contribution in [0.5, 0.6) is 0 Å². The number of rotatable bonds is 4. The van der Waals surface area contributed by atoms with Gasteiger partial charge in [-0.1, -0.05) is 0 Å². The Morgan fingerprint density at radius 3 is 2.56 bits per heavy atom. The van der Waals surface area contributed by atoms with Crippen molar-refractivity contribution in [2.75, 3.05) is 0 Å². The summed E-state index contributed by atoms with van der Waals surface area (Å²) >= 11 is 6.36. The highest BCUT2D eigenvalue weighted by Gasteiger charge is 2.21.